The molecule has 0 saturated heterocycles. The Kier molecular flexibility index (Phi) is 5.69. The topological polar surface area (TPSA) is 74.6 Å². The summed E-state index contributed by atoms with van der Waals surface area (Å²) in [7, 11) is 0. The van der Waals surface area contributed by atoms with Crippen LogP contribution < -0.4 is 15.5 Å². The minimum Gasteiger partial charge on any atom is -0.467 e. The number of rotatable bonds is 5. The summed E-state index contributed by atoms with van der Waals surface area (Å²) in [6, 6.07) is 16.9. The fourth-order valence-corrected chi connectivity index (χ4v) is 4.53. The molecule has 0 radical (unpaired) electrons. The number of nitrogens with one attached hydrogen (secondary N) is 2. The molecule has 1 aliphatic carbocycles. The average molecular weight is 445 g/mol. The Morgan fingerprint density at radius 3 is 2.70 bits per heavy atom. The van der Waals surface area contributed by atoms with Crippen LogP contribution in [0.2, 0.25) is 0 Å². The van der Waals surface area contributed by atoms with E-state index in [9.17, 15) is 14.0 Å². The van der Waals surface area contributed by atoms with Gasteiger partial charge in [-0.25, -0.2) is 4.39 Å². The van der Waals surface area contributed by atoms with Crippen molar-refractivity contribution in [2.75, 3.05) is 16.8 Å². The van der Waals surface area contributed by atoms with Gasteiger partial charge in [-0.3, -0.25) is 9.59 Å². The number of hydrogen-bond acceptors (Lipinski definition) is 5. The number of allylic oxidation sites excluding steroid dienone is 1. The Morgan fingerprint density at radius 2 is 1.91 bits per heavy atom. The third-order valence-electron chi connectivity index (χ3n) is 6.07. The summed E-state index contributed by atoms with van der Waals surface area (Å²) in [5.41, 5.74) is 4.00. The van der Waals surface area contributed by atoms with Crippen molar-refractivity contribution in [1.29, 1.82) is 0 Å². The molecule has 1 atom stereocenters. The van der Waals surface area contributed by atoms with Gasteiger partial charge in [-0.05, 0) is 54.8 Å². The van der Waals surface area contributed by atoms with E-state index in [1.165, 1.54) is 12.1 Å². The van der Waals surface area contributed by atoms with Gasteiger partial charge in [0.2, 0.25) is 5.91 Å². The quantitative estimate of drug-likeness (QED) is 0.595. The number of benzene rings is 2. The lowest BCUT2D eigenvalue weighted by Gasteiger charge is -2.33. The largest absolute Gasteiger partial charge is 0.467 e. The standard InChI is InChI=1S/C26H24FN3O3/c27-18-12-10-17(11-13-18)15-28-24(32)16-30-21-7-2-1-5-19(21)29-20-6-3-8-22(31)25(20)26(30)23-9-4-14-33-23/h1-2,4-5,7,9-14,26,29H,3,6,8,15-16H2,(H,28,32)/t26-/m0/s1. The lowest BCUT2D eigenvalue weighted by atomic mass is 9.88. The molecule has 1 aromatic heterocycles. The highest BCUT2D eigenvalue weighted by molar-refractivity contribution is 6.01. The zero-order valence-electron chi connectivity index (χ0n) is 18.0. The summed E-state index contributed by atoms with van der Waals surface area (Å²) >= 11 is 0. The molecule has 0 fully saturated rings. The lowest BCUT2D eigenvalue weighted by molar-refractivity contribution is -0.120. The fourth-order valence-electron chi connectivity index (χ4n) is 4.53. The molecule has 0 spiro atoms. The van der Waals surface area contributed by atoms with Crippen LogP contribution in [0.4, 0.5) is 15.8 Å². The van der Waals surface area contributed by atoms with Crippen molar-refractivity contribution < 1.29 is 18.4 Å². The number of para-hydroxylation sites is 2. The van der Waals surface area contributed by atoms with Gasteiger partial charge >= 0.3 is 0 Å². The Bertz CT molecular complexity index is 1200. The normalized spacial score (nSPS) is 17.7. The van der Waals surface area contributed by atoms with Crippen LogP contribution in [-0.2, 0) is 16.1 Å². The molecular weight excluding hydrogens is 421 g/mol. The van der Waals surface area contributed by atoms with Crippen LogP contribution >= 0.6 is 0 Å². The number of nitrogens with zero attached hydrogens (tertiary/aromatic N) is 1. The summed E-state index contributed by atoms with van der Waals surface area (Å²) in [5, 5.41) is 6.37. The minimum atomic E-state index is -0.518. The van der Waals surface area contributed by atoms with Crippen molar-refractivity contribution in [3.05, 3.63) is 95.3 Å². The molecule has 0 bridgehead atoms. The Balaban J connectivity index is 1.50. The third-order valence-corrected chi connectivity index (χ3v) is 6.07. The van der Waals surface area contributed by atoms with Crippen LogP contribution in [0.25, 0.3) is 0 Å². The summed E-state index contributed by atoms with van der Waals surface area (Å²) in [4.78, 5) is 28.1. The van der Waals surface area contributed by atoms with Crippen molar-refractivity contribution in [2.45, 2.75) is 31.8 Å². The third kappa shape index (κ3) is 4.26. The highest BCUT2D eigenvalue weighted by atomic mass is 19.1. The van der Waals surface area contributed by atoms with Crippen molar-refractivity contribution in [3.63, 3.8) is 0 Å². The van der Waals surface area contributed by atoms with E-state index in [1.54, 1.807) is 24.5 Å². The van der Waals surface area contributed by atoms with Gasteiger partial charge in [0.1, 0.15) is 17.6 Å². The molecule has 33 heavy (non-hydrogen) atoms. The first kappa shape index (κ1) is 21.0. The summed E-state index contributed by atoms with van der Waals surface area (Å²) in [6.07, 6.45) is 3.60. The first-order valence-corrected chi connectivity index (χ1v) is 11.0. The number of halogens is 1. The van der Waals surface area contributed by atoms with E-state index >= 15 is 0 Å². The average Bonchev–Trinajstić information content (AvgIpc) is 3.30. The van der Waals surface area contributed by atoms with E-state index in [0.717, 1.165) is 35.5 Å². The summed E-state index contributed by atoms with van der Waals surface area (Å²) in [6.45, 7) is 0.306. The van der Waals surface area contributed by atoms with E-state index in [2.05, 4.69) is 10.6 Å². The zero-order valence-corrected chi connectivity index (χ0v) is 18.0. The molecular formula is C26H24FN3O3. The summed E-state index contributed by atoms with van der Waals surface area (Å²) in [5.74, 6) is 0.150. The van der Waals surface area contributed by atoms with Crippen LogP contribution in [0.5, 0.6) is 0 Å². The van der Waals surface area contributed by atoms with Gasteiger partial charge in [0, 0.05) is 24.2 Å². The maximum atomic E-state index is 13.2. The molecule has 1 aliphatic heterocycles. The SMILES string of the molecule is O=C(CN1c2ccccc2NC2=C(C(=O)CCC2)[C@@H]1c1ccco1)NCc1ccc(F)cc1. The highest BCUT2D eigenvalue weighted by Gasteiger charge is 2.38. The van der Waals surface area contributed by atoms with E-state index in [1.807, 2.05) is 35.2 Å². The predicted molar refractivity (Wildman–Crippen MR) is 123 cm³/mol. The smallest absolute Gasteiger partial charge is 0.239 e. The highest BCUT2D eigenvalue weighted by Crippen LogP contribution is 2.44. The second-order valence-electron chi connectivity index (χ2n) is 8.26. The van der Waals surface area contributed by atoms with Gasteiger partial charge in [0.25, 0.3) is 0 Å². The second kappa shape index (κ2) is 8.94. The van der Waals surface area contributed by atoms with Crippen molar-refractivity contribution in [2.24, 2.45) is 0 Å². The molecule has 2 N–H and O–H groups in total. The van der Waals surface area contributed by atoms with Gasteiger partial charge in [0.05, 0.1) is 24.2 Å². The number of ketones is 1. The number of Topliss-reactive ketones (excluding diaryl/α,β-unsaturated/α-hetero) is 1. The van der Waals surface area contributed by atoms with Crippen LogP contribution in [0, 0.1) is 5.82 Å². The van der Waals surface area contributed by atoms with Crippen LogP contribution in [-0.4, -0.2) is 18.2 Å². The number of carbonyl (C=O) groups is 2. The van der Waals surface area contributed by atoms with E-state index in [0.29, 0.717) is 17.8 Å². The lowest BCUT2D eigenvalue weighted by Crippen LogP contribution is -2.41. The van der Waals surface area contributed by atoms with Crippen molar-refractivity contribution in [1.82, 2.24) is 5.32 Å². The van der Waals surface area contributed by atoms with Crippen LogP contribution in [0.1, 0.15) is 36.6 Å². The molecule has 0 saturated carbocycles. The number of anilines is 2. The molecule has 168 valence electrons. The number of amides is 1. The van der Waals surface area contributed by atoms with Crippen LogP contribution in [0.3, 0.4) is 0 Å². The van der Waals surface area contributed by atoms with Crippen LogP contribution in [0.15, 0.2) is 82.6 Å². The number of fused-ring (bicyclic) bond motifs is 1. The molecule has 1 amide bonds. The van der Waals surface area contributed by atoms with Crippen molar-refractivity contribution in [3.8, 4) is 0 Å². The maximum absolute atomic E-state index is 13.2. The molecule has 7 heteroatoms. The van der Waals surface area contributed by atoms with E-state index in [4.69, 9.17) is 4.42 Å². The van der Waals surface area contributed by atoms with Gasteiger partial charge in [-0.15, -0.1) is 0 Å². The van der Waals surface area contributed by atoms with Gasteiger partial charge in [0.15, 0.2) is 5.78 Å². The predicted octanol–water partition coefficient (Wildman–Crippen LogP) is 4.72. The fraction of sp³-hybridized carbons (Fsp3) is 0.231. The second-order valence-corrected chi connectivity index (χ2v) is 8.26. The first-order valence-electron chi connectivity index (χ1n) is 11.0. The zero-order chi connectivity index (χ0) is 22.8. The molecule has 6 nitrogen and oxygen atoms in total. The molecule has 2 heterocycles. The summed E-state index contributed by atoms with van der Waals surface area (Å²) < 4.78 is 18.9. The Labute approximate surface area is 191 Å². The van der Waals surface area contributed by atoms with Gasteiger partial charge in [-0.2, -0.15) is 0 Å². The van der Waals surface area contributed by atoms with E-state index < -0.39 is 6.04 Å². The molecule has 3 aromatic rings. The molecule has 2 aromatic carbocycles. The minimum absolute atomic E-state index is 0.0231. The number of hydrogen-bond donors (Lipinski definition) is 2. The van der Waals surface area contributed by atoms with Gasteiger partial charge in [-0.1, -0.05) is 24.3 Å². The Hall–Kier alpha value is -3.87. The monoisotopic (exact) mass is 445 g/mol. The maximum Gasteiger partial charge on any atom is 0.239 e. The van der Waals surface area contributed by atoms with E-state index in [-0.39, 0.29) is 30.6 Å². The number of carbonyl (C=O) groups excluding carboxylic acids is 2. The number of furan rings is 1. The molecule has 5 rings (SSSR count). The molecule has 0 unspecified atom stereocenters. The van der Waals surface area contributed by atoms with Crippen molar-refractivity contribution >= 4 is 23.1 Å². The first-order chi connectivity index (χ1) is 16.1. The Morgan fingerprint density at radius 1 is 1.09 bits per heavy atom. The molecule has 2 aliphatic rings. The van der Waals surface area contributed by atoms with Gasteiger partial charge < -0.3 is 20.0 Å².